The summed E-state index contributed by atoms with van der Waals surface area (Å²) in [6.45, 7) is 4.04. The molecule has 5 nitrogen and oxygen atoms in total. The van der Waals surface area contributed by atoms with Crippen LogP contribution in [0.2, 0.25) is 0 Å². The average Bonchev–Trinajstić information content (AvgIpc) is 2.97. The Morgan fingerprint density at radius 2 is 1.84 bits per heavy atom. The van der Waals surface area contributed by atoms with Crippen molar-refractivity contribution >= 4 is 17.9 Å². The predicted octanol–water partition coefficient (Wildman–Crippen LogP) is 3.67. The van der Waals surface area contributed by atoms with Crippen molar-refractivity contribution < 1.29 is 19.0 Å². The van der Waals surface area contributed by atoms with Gasteiger partial charge in [0.2, 0.25) is 5.90 Å². The van der Waals surface area contributed by atoms with Gasteiger partial charge in [-0.3, -0.25) is 0 Å². The molecule has 0 spiro atoms. The van der Waals surface area contributed by atoms with Gasteiger partial charge in [0.05, 0.1) is 14.2 Å². The SMILES string of the molecule is COc1cccc(C=C2N=C(c3ccc(C)c(C)c3)OC2=O)c1OC. The largest absolute Gasteiger partial charge is 0.493 e. The fraction of sp³-hybridized carbons (Fsp3) is 0.200. The van der Waals surface area contributed by atoms with Gasteiger partial charge in [-0.1, -0.05) is 18.2 Å². The fourth-order valence-corrected chi connectivity index (χ4v) is 2.58. The highest BCUT2D eigenvalue weighted by atomic mass is 16.6. The van der Waals surface area contributed by atoms with E-state index in [0.717, 1.165) is 11.1 Å². The molecule has 3 rings (SSSR count). The second kappa shape index (κ2) is 6.81. The van der Waals surface area contributed by atoms with Gasteiger partial charge in [0, 0.05) is 11.1 Å². The Hall–Kier alpha value is -3.08. The van der Waals surface area contributed by atoms with E-state index in [1.165, 1.54) is 5.56 Å². The average molecular weight is 337 g/mol. The van der Waals surface area contributed by atoms with Crippen molar-refractivity contribution in [2.75, 3.05) is 14.2 Å². The van der Waals surface area contributed by atoms with Crippen LogP contribution < -0.4 is 9.47 Å². The van der Waals surface area contributed by atoms with E-state index in [-0.39, 0.29) is 5.70 Å². The number of ether oxygens (including phenoxy) is 3. The van der Waals surface area contributed by atoms with Crippen molar-refractivity contribution in [3.05, 3.63) is 64.3 Å². The van der Waals surface area contributed by atoms with Gasteiger partial charge in [-0.25, -0.2) is 9.79 Å². The fourth-order valence-electron chi connectivity index (χ4n) is 2.58. The highest BCUT2D eigenvalue weighted by Gasteiger charge is 2.25. The number of cyclic esters (lactones) is 1. The Morgan fingerprint density at radius 1 is 1.04 bits per heavy atom. The Kier molecular flexibility index (Phi) is 4.57. The van der Waals surface area contributed by atoms with E-state index in [1.54, 1.807) is 26.4 Å². The number of methoxy groups -OCH3 is 2. The van der Waals surface area contributed by atoms with Gasteiger partial charge >= 0.3 is 5.97 Å². The van der Waals surface area contributed by atoms with Crippen molar-refractivity contribution in [2.45, 2.75) is 13.8 Å². The molecule has 0 amide bonds. The number of aliphatic imine (C=N–C) groups is 1. The summed E-state index contributed by atoms with van der Waals surface area (Å²) in [5.74, 6) is 0.945. The number of carbonyl (C=O) groups is 1. The van der Waals surface area contributed by atoms with Crippen LogP contribution in [0.15, 0.2) is 47.1 Å². The molecular formula is C20H19NO4. The zero-order valence-electron chi connectivity index (χ0n) is 14.6. The molecule has 0 saturated carbocycles. The van der Waals surface area contributed by atoms with E-state index in [1.807, 2.05) is 44.2 Å². The predicted molar refractivity (Wildman–Crippen MR) is 96.1 cm³/mol. The van der Waals surface area contributed by atoms with Crippen LogP contribution >= 0.6 is 0 Å². The molecule has 5 heteroatoms. The van der Waals surface area contributed by atoms with E-state index in [0.29, 0.717) is 23.0 Å². The third-order valence-corrected chi connectivity index (χ3v) is 4.10. The Balaban J connectivity index is 2.00. The van der Waals surface area contributed by atoms with E-state index in [4.69, 9.17) is 14.2 Å². The molecular weight excluding hydrogens is 318 g/mol. The number of hydrogen-bond donors (Lipinski definition) is 0. The first-order chi connectivity index (χ1) is 12.0. The van der Waals surface area contributed by atoms with E-state index in [2.05, 4.69) is 4.99 Å². The molecule has 0 unspecified atom stereocenters. The number of hydrogen-bond acceptors (Lipinski definition) is 5. The second-order valence-corrected chi connectivity index (χ2v) is 5.72. The van der Waals surface area contributed by atoms with Crippen LogP contribution in [0, 0.1) is 13.8 Å². The van der Waals surface area contributed by atoms with Gasteiger partial charge in [-0.15, -0.1) is 0 Å². The zero-order chi connectivity index (χ0) is 18.0. The highest BCUT2D eigenvalue weighted by Crippen LogP contribution is 2.33. The Morgan fingerprint density at radius 3 is 2.52 bits per heavy atom. The summed E-state index contributed by atoms with van der Waals surface area (Å²) in [5.41, 5.74) is 3.98. The topological polar surface area (TPSA) is 57.1 Å². The number of carbonyl (C=O) groups excluding carboxylic acids is 1. The number of nitrogens with zero attached hydrogens (tertiary/aromatic N) is 1. The highest BCUT2D eigenvalue weighted by molar-refractivity contribution is 6.13. The maximum Gasteiger partial charge on any atom is 0.363 e. The zero-order valence-corrected chi connectivity index (χ0v) is 14.6. The van der Waals surface area contributed by atoms with E-state index < -0.39 is 5.97 Å². The summed E-state index contributed by atoms with van der Waals surface area (Å²) in [4.78, 5) is 16.5. The lowest BCUT2D eigenvalue weighted by atomic mass is 10.1. The van der Waals surface area contributed by atoms with Crippen LogP contribution in [0.1, 0.15) is 22.3 Å². The van der Waals surface area contributed by atoms with Crippen molar-refractivity contribution in [3.63, 3.8) is 0 Å². The minimum Gasteiger partial charge on any atom is -0.493 e. The quantitative estimate of drug-likeness (QED) is 0.631. The van der Waals surface area contributed by atoms with Gasteiger partial charge in [0.25, 0.3) is 0 Å². The van der Waals surface area contributed by atoms with Crippen LogP contribution in [0.3, 0.4) is 0 Å². The molecule has 0 N–H and O–H groups in total. The lowest BCUT2D eigenvalue weighted by Crippen LogP contribution is -2.05. The van der Waals surface area contributed by atoms with Crippen molar-refractivity contribution in [2.24, 2.45) is 4.99 Å². The second-order valence-electron chi connectivity index (χ2n) is 5.72. The van der Waals surface area contributed by atoms with Gasteiger partial charge < -0.3 is 14.2 Å². The smallest absolute Gasteiger partial charge is 0.363 e. The van der Waals surface area contributed by atoms with Gasteiger partial charge in [0.15, 0.2) is 17.2 Å². The maximum atomic E-state index is 12.2. The van der Waals surface area contributed by atoms with Crippen LogP contribution in [-0.4, -0.2) is 26.1 Å². The number of rotatable bonds is 4. The molecule has 0 fully saturated rings. The molecule has 1 heterocycles. The van der Waals surface area contributed by atoms with Gasteiger partial charge in [-0.05, 0) is 49.2 Å². The molecule has 25 heavy (non-hydrogen) atoms. The maximum absolute atomic E-state index is 12.2. The Labute approximate surface area is 146 Å². The minimum absolute atomic E-state index is 0.222. The minimum atomic E-state index is -0.488. The van der Waals surface area contributed by atoms with E-state index >= 15 is 0 Å². The van der Waals surface area contributed by atoms with E-state index in [9.17, 15) is 4.79 Å². The van der Waals surface area contributed by atoms with Crippen LogP contribution in [0.25, 0.3) is 6.08 Å². The molecule has 2 aromatic carbocycles. The lowest BCUT2D eigenvalue weighted by molar-refractivity contribution is -0.129. The Bertz CT molecular complexity index is 897. The number of benzene rings is 2. The van der Waals surface area contributed by atoms with Crippen LogP contribution in [-0.2, 0) is 9.53 Å². The third-order valence-electron chi connectivity index (χ3n) is 4.10. The summed E-state index contributed by atoms with van der Waals surface area (Å²) in [6, 6.07) is 11.3. The summed E-state index contributed by atoms with van der Waals surface area (Å²) < 4.78 is 16.0. The molecule has 0 saturated heterocycles. The number of aryl methyl sites for hydroxylation is 2. The normalized spacial score (nSPS) is 15.1. The first-order valence-corrected chi connectivity index (χ1v) is 7.84. The molecule has 2 aromatic rings. The first kappa shape index (κ1) is 16.8. The molecule has 1 aliphatic rings. The van der Waals surface area contributed by atoms with Crippen molar-refractivity contribution in [1.29, 1.82) is 0 Å². The first-order valence-electron chi connectivity index (χ1n) is 7.84. The summed E-state index contributed by atoms with van der Waals surface area (Å²) in [7, 11) is 3.12. The number of para-hydroxylation sites is 1. The standard InChI is InChI=1S/C20H19NO4/c1-12-8-9-15(10-13(12)2)19-21-16(20(22)25-19)11-14-6-5-7-17(23-3)18(14)24-4/h5-11H,1-4H3. The molecule has 1 aliphatic heterocycles. The van der Waals surface area contributed by atoms with Gasteiger partial charge in [-0.2, -0.15) is 0 Å². The lowest BCUT2D eigenvalue weighted by Gasteiger charge is -2.09. The number of esters is 1. The monoisotopic (exact) mass is 337 g/mol. The van der Waals surface area contributed by atoms with Gasteiger partial charge in [0.1, 0.15) is 0 Å². The van der Waals surface area contributed by atoms with Crippen molar-refractivity contribution in [1.82, 2.24) is 0 Å². The third kappa shape index (κ3) is 3.26. The summed E-state index contributed by atoms with van der Waals surface area (Å²) >= 11 is 0. The molecule has 0 aromatic heterocycles. The van der Waals surface area contributed by atoms with Crippen LogP contribution in [0.4, 0.5) is 0 Å². The molecule has 0 radical (unpaired) electrons. The molecule has 0 atom stereocenters. The van der Waals surface area contributed by atoms with Crippen LogP contribution in [0.5, 0.6) is 11.5 Å². The summed E-state index contributed by atoms with van der Waals surface area (Å²) in [6.07, 6.45) is 1.64. The molecule has 0 bridgehead atoms. The van der Waals surface area contributed by atoms with Crippen molar-refractivity contribution in [3.8, 4) is 11.5 Å². The molecule has 128 valence electrons. The molecule has 0 aliphatic carbocycles. The summed E-state index contributed by atoms with van der Waals surface area (Å²) in [5, 5.41) is 0.